The van der Waals surface area contributed by atoms with Crippen LogP contribution >= 0.6 is 0 Å². The number of hydrogen-bond acceptors (Lipinski definition) is 6. The van der Waals surface area contributed by atoms with Crippen LogP contribution in [0.25, 0.3) is 10.9 Å². The maximum atomic E-state index is 12.4. The highest BCUT2D eigenvalue weighted by Crippen LogP contribution is 2.34. The van der Waals surface area contributed by atoms with E-state index in [9.17, 15) is 15.2 Å². The summed E-state index contributed by atoms with van der Waals surface area (Å²) in [7, 11) is 7.45. The number of aliphatic hydroxyl groups is 1. The van der Waals surface area contributed by atoms with E-state index in [2.05, 4.69) is 16.9 Å². The van der Waals surface area contributed by atoms with Gasteiger partial charge in [0.25, 0.3) is 5.56 Å². The van der Waals surface area contributed by atoms with E-state index in [1.807, 2.05) is 11.0 Å². The molecule has 1 aliphatic rings. The van der Waals surface area contributed by atoms with E-state index < -0.39 is 11.1 Å². The van der Waals surface area contributed by atoms with Crippen LogP contribution in [0.3, 0.4) is 0 Å². The minimum atomic E-state index is -1.62. The van der Waals surface area contributed by atoms with Crippen LogP contribution in [0.1, 0.15) is 37.9 Å². The molecular weight excluding hydrogens is 331 g/mol. The van der Waals surface area contributed by atoms with E-state index in [-0.39, 0.29) is 16.9 Å². The molecular formula is C18H21BN4O3. The van der Waals surface area contributed by atoms with Crippen LogP contribution < -0.4 is 10.5 Å². The molecule has 1 fully saturated rings. The van der Waals surface area contributed by atoms with Crippen LogP contribution in [0.2, 0.25) is 0 Å². The van der Waals surface area contributed by atoms with Gasteiger partial charge in [-0.15, -0.1) is 0 Å². The molecule has 134 valence electrons. The smallest absolute Gasteiger partial charge is 0.268 e. The van der Waals surface area contributed by atoms with E-state index in [1.165, 1.54) is 13.1 Å². The summed E-state index contributed by atoms with van der Waals surface area (Å²) in [4.78, 5) is 21.2. The molecule has 0 bridgehead atoms. The average Bonchev–Trinajstić information content (AvgIpc) is 2.60. The Bertz CT molecular complexity index is 934. The topological polar surface area (TPSA) is 102 Å². The van der Waals surface area contributed by atoms with Gasteiger partial charge in [-0.3, -0.25) is 9.78 Å². The van der Waals surface area contributed by atoms with E-state index in [1.54, 1.807) is 13.2 Å². The molecule has 1 saturated heterocycles. The number of piperidine rings is 1. The van der Waals surface area contributed by atoms with Gasteiger partial charge in [-0.05, 0) is 32.8 Å². The van der Waals surface area contributed by atoms with Gasteiger partial charge in [0.15, 0.2) is 0 Å². The van der Waals surface area contributed by atoms with Crippen LogP contribution in [0.5, 0.6) is 0 Å². The SMILES string of the molecule is [B][C@](C)(O)c1cc2c(N3CCC(C)(OC)CC3)c(C#N)c(=O)[nH]c2cn1. The molecule has 26 heavy (non-hydrogen) atoms. The molecule has 0 aromatic carbocycles. The van der Waals surface area contributed by atoms with Crippen LogP contribution in [-0.2, 0) is 10.2 Å². The molecule has 0 amide bonds. The van der Waals surface area contributed by atoms with Crippen LogP contribution in [0.4, 0.5) is 5.69 Å². The maximum Gasteiger partial charge on any atom is 0.268 e. The van der Waals surface area contributed by atoms with Gasteiger partial charge in [-0.1, -0.05) is 0 Å². The van der Waals surface area contributed by atoms with Crippen molar-refractivity contribution in [1.82, 2.24) is 9.97 Å². The van der Waals surface area contributed by atoms with Crippen molar-refractivity contribution >= 4 is 24.4 Å². The molecule has 8 heteroatoms. The number of hydrogen-bond donors (Lipinski definition) is 2. The molecule has 2 aromatic heterocycles. The van der Waals surface area contributed by atoms with E-state index in [0.29, 0.717) is 29.7 Å². The Morgan fingerprint density at radius 1 is 1.50 bits per heavy atom. The van der Waals surface area contributed by atoms with Gasteiger partial charge in [0.2, 0.25) is 0 Å². The normalized spacial score (nSPS) is 19.1. The molecule has 3 rings (SSSR count). The molecule has 1 atom stereocenters. The number of pyridine rings is 2. The first-order valence-corrected chi connectivity index (χ1v) is 8.46. The third kappa shape index (κ3) is 3.20. The van der Waals surface area contributed by atoms with Gasteiger partial charge in [0.1, 0.15) is 19.5 Å². The fourth-order valence-electron chi connectivity index (χ4n) is 3.29. The lowest BCUT2D eigenvalue weighted by Crippen LogP contribution is -2.44. The van der Waals surface area contributed by atoms with Crippen LogP contribution in [-0.4, -0.2) is 48.7 Å². The summed E-state index contributed by atoms with van der Waals surface area (Å²) >= 11 is 0. The lowest BCUT2D eigenvalue weighted by molar-refractivity contribution is -0.0132. The minimum Gasteiger partial charge on any atom is -0.394 e. The standard InChI is InChI=1S/C18H21BN4O3/c1-17(26-3)4-6-23(7-5-17)15-11-8-14(18(2,19)25)21-10-13(11)22-16(24)12(15)9-20/h8,10,25H,4-7H2,1-3H3,(H,22,24)/t18-/m1/s1. The quantitative estimate of drug-likeness (QED) is 0.803. The first-order valence-electron chi connectivity index (χ1n) is 8.46. The summed E-state index contributed by atoms with van der Waals surface area (Å²) in [5.74, 6) is 0. The highest BCUT2D eigenvalue weighted by molar-refractivity contribution is 6.14. The second-order valence-corrected chi connectivity index (χ2v) is 7.19. The summed E-state index contributed by atoms with van der Waals surface area (Å²) in [6, 6.07) is 3.65. The Kier molecular flexibility index (Phi) is 4.55. The predicted molar refractivity (Wildman–Crippen MR) is 99.3 cm³/mol. The zero-order valence-corrected chi connectivity index (χ0v) is 15.2. The number of nitriles is 1. The zero-order chi connectivity index (χ0) is 19.1. The predicted octanol–water partition coefficient (Wildman–Crippen LogP) is 1.13. The summed E-state index contributed by atoms with van der Waals surface area (Å²) in [5.41, 5.74) is -0.925. The monoisotopic (exact) mass is 352 g/mol. The Labute approximate surface area is 153 Å². The number of rotatable bonds is 3. The molecule has 3 heterocycles. The fraction of sp³-hybridized carbons (Fsp3) is 0.500. The summed E-state index contributed by atoms with van der Waals surface area (Å²) in [6.45, 7) is 4.78. The molecule has 0 saturated carbocycles. The number of H-pyrrole nitrogens is 1. The summed E-state index contributed by atoms with van der Waals surface area (Å²) in [5, 5.41) is 20.3. The molecule has 2 aromatic rings. The number of aromatic amines is 1. The van der Waals surface area contributed by atoms with Crippen molar-refractivity contribution in [1.29, 1.82) is 5.26 Å². The fourth-order valence-corrected chi connectivity index (χ4v) is 3.29. The Morgan fingerprint density at radius 2 is 2.15 bits per heavy atom. The van der Waals surface area contributed by atoms with Crippen molar-refractivity contribution < 1.29 is 9.84 Å². The molecule has 0 unspecified atom stereocenters. The molecule has 0 aliphatic carbocycles. The number of aromatic nitrogens is 2. The highest BCUT2D eigenvalue weighted by atomic mass is 16.5. The van der Waals surface area contributed by atoms with Gasteiger partial charge < -0.3 is 19.7 Å². The Morgan fingerprint density at radius 3 is 2.69 bits per heavy atom. The highest BCUT2D eigenvalue weighted by Gasteiger charge is 2.32. The number of fused-ring (bicyclic) bond motifs is 1. The third-order valence-corrected chi connectivity index (χ3v) is 5.13. The van der Waals surface area contributed by atoms with Crippen molar-refractivity contribution in [2.24, 2.45) is 0 Å². The number of ether oxygens (including phenoxy) is 1. The number of nitrogens with zero attached hydrogens (tertiary/aromatic N) is 3. The summed E-state index contributed by atoms with van der Waals surface area (Å²) < 4.78 is 5.58. The molecule has 0 spiro atoms. The zero-order valence-electron chi connectivity index (χ0n) is 15.2. The largest absolute Gasteiger partial charge is 0.394 e. The van der Waals surface area contributed by atoms with Crippen LogP contribution in [0.15, 0.2) is 17.1 Å². The van der Waals surface area contributed by atoms with E-state index in [0.717, 1.165) is 12.8 Å². The molecule has 2 N–H and O–H groups in total. The minimum absolute atomic E-state index is 0.0485. The summed E-state index contributed by atoms with van der Waals surface area (Å²) in [6.07, 6.45) is 3.01. The molecule has 1 aliphatic heterocycles. The van der Waals surface area contributed by atoms with Crippen molar-refractivity contribution in [3.8, 4) is 6.07 Å². The number of methoxy groups -OCH3 is 1. The van der Waals surface area contributed by atoms with E-state index >= 15 is 0 Å². The van der Waals surface area contributed by atoms with Crippen molar-refractivity contribution in [2.75, 3.05) is 25.1 Å². The number of anilines is 1. The van der Waals surface area contributed by atoms with Gasteiger partial charge in [-0.25, -0.2) is 0 Å². The third-order valence-electron chi connectivity index (χ3n) is 5.13. The first kappa shape index (κ1) is 18.4. The van der Waals surface area contributed by atoms with Gasteiger partial charge in [0.05, 0.1) is 34.2 Å². The first-order chi connectivity index (χ1) is 12.2. The number of nitrogens with one attached hydrogen (secondary N) is 1. The van der Waals surface area contributed by atoms with Gasteiger partial charge in [-0.2, -0.15) is 5.26 Å². The van der Waals surface area contributed by atoms with Crippen molar-refractivity contribution in [2.45, 2.75) is 37.8 Å². The van der Waals surface area contributed by atoms with E-state index in [4.69, 9.17) is 12.6 Å². The second kappa shape index (κ2) is 6.42. The Balaban J connectivity index is 2.19. The van der Waals surface area contributed by atoms with Crippen molar-refractivity contribution in [3.05, 3.63) is 33.9 Å². The second-order valence-electron chi connectivity index (χ2n) is 7.19. The molecule has 2 radical (unpaired) electrons. The maximum absolute atomic E-state index is 12.4. The lowest BCUT2D eigenvalue weighted by atomic mass is 9.80. The lowest BCUT2D eigenvalue weighted by Gasteiger charge is -2.40. The molecule has 7 nitrogen and oxygen atoms in total. The Hall–Kier alpha value is -2.37. The van der Waals surface area contributed by atoms with Gasteiger partial charge >= 0.3 is 0 Å². The van der Waals surface area contributed by atoms with Gasteiger partial charge in [0, 0.05) is 25.6 Å². The van der Waals surface area contributed by atoms with Crippen LogP contribution in [0, 0.1) is 11.3 Å². The van der Waals surface area contributed by atoms with Crippen molar-refractivity contribution in [3.63, 3.8) is 0 Å². The average molecular weight is 352 g/mol.